The molecule has 0 aromatic carbocycles. The number of aliphatic imine (C=N–C) groups is 1. The largest absolute Gasteiger partial charge is 0.300 e. The van der Waals surface area contributed by atoms with Gasteiger partial charge in [-0.2, -0.15) is 0 Å². The summed E-state index contributed by atoms with van der Waals surface area (Å²) in [5, 5.41) is 0. The standard InChI is InChI=1S/C11H19NO/c13-11-7-3-1-2-5-9-12-10-6-4-8-11/h10H,1-9H2. The van der Waals surface area contributed by atoms with Crippen molar-refractivity contribution in [2.75, 3.05) is 6.54 Å². The summed E-state index contributed by atoms with van der Waals surface area (Å²) < 4.78 is 0. The summed E-state index contributed by atoms with van der Waals surface area (Å²) in [7, 11) is 0. The lowest BCUT2D eigenvalue weighted by molar-refractivity contribution is -0.119. The van der Waals surface area contributed by atoms with Crippen LogP contribution in [0.15, 0.2) is 4.99 Å². The zero-order valence-electron chi connectivity index (χ0n) is 8.30. The Balaban J connectivity index is 2.24. The fourth-order valence-electron chi connectivity index (χ4n) is 1.58. The summed E-state index contributed by atoms with van der Waals surface area (Å²) in [6.45, 7) is 0.980. The van der Waals surface area contributed by atoms with E-state index in [0.717, 1.165) is 38.6 Å². The number of hydrogen-bond acceptors (Lipinski definition) is 2. The maximum atomic E-state index is 11.3. The van der Waals surface area contributed by atoms with Crippen LogP contribution in [-0.4, -0.2) is 18.5 Å². The van der Waals surface area contributed by atoms with E-state index in [0.29, 0.717) is 5.78 Å². The van der Waals surface area contributed by atoms with E-state index in [2.05, 4.69) is 4.99 Å². The third-order valence-corrected chi connectivity index (χ3v) is 2.41. The molecule has 0 atom stereocenters. The van der Waals surface area contributed by atoms with Crippen LogP contribution in [0.5, 0.6) is 0 Å². The van der Waals surface area contributed by atoms with Gasteiger partial charge < -0.3 is 0 Å². The molecule has 0 aromatic heterocycles. The van der Waals surface area contributed by atoms with Crippen LogP contribution in [-0.2, 0) is 4.79 Å². The van der Waals surface area contributed by atoms with E-state index in [1.165, 1.54) is 19.3 Å². The monoisotopic (exact) mass is 181 g/mol. The number of ketones is 1. The fraction of sp³-hybridized carbons (Fsp3) is 0.818. The van der Waals surface area contributed by atoms with Gasteiger partial charge in [-0.3, -0.25) is 9.79 Å². The summed E-state index contributed by atoms with van der Waals surface area (Å²) in [5.41, 5.74) is 0. The molecule has 0 unspecified atom stereocenters. The summed E-state index contributed by atoms with van der Waals surface area (Å²) in [5.74, 6) is 0.439. The molecule has 1 rings (SSSR count). The molecule has 1 aliphatic rings. The molecule has 0 aliphatic carbocycles. The molecule has 0 spiro atoms. The fourth-order valence-corrected chi connectivity index (χ4v) is 1.58. The highest BCUT2D eigenvalue weighted by Crippen LogP contribution is 2.07. The molecule has 2 nitrogen and oxygen atoms in total. The number of rotatable bonds is 0. The van der Waals surface area contributed by atoms with Crippen molar-refractivity contribution in [2.24, 2.45) is 4.99 Å². The highest BCUT2D eigenvalue weighted by atomic mass is 16.1. The van der Waals surface area contributed by atoms with Gasteiger partial charge in [-0.1, -0.05) is 12.8 Å². The van der Waals surface area contributed by atoms with Crippen LogP contribution in [0.4, 0.5) is 0 Å². The van der Waals surface area contributed by atoms with E-state index in [-0.39, 0.29) is 0 Å². The number of Topliss-reactive ketones (excluding diaryl/α,β-unsaturated/α-hetero) is 1. The molecule has 0 aromatic rings. The van der Waals surface area contributed by atoms with Crippen LogP contribution >= 0.6 is 0 Å². The normalized spacial score (nSPS) is 22.0. The van der Waals surface area contributed by atoms with Crippen molar-refractivity contribution in [3.05, 3.63) is 0 Å². The van der Waals surface area contributed by atoms with Crippen molar-refractivity contribution in [2.45, 2.75) is 51.4 Å². The van der Waals surface area contributed by atoms with Crippen LogP contribution in [0.1, 0.15) is 51.4 Å². The molecule has 0 saturated heterocycles. The van der Waals surface area contributed by atoms with Gasteiger partial charge in [0.2, 0.25) is 0 Å². The molecule has 0 N–H and O–H groups in total. The van der Waals surface area contributed by atoms with Crippen LogP contribution in [0.25, 0.3) is 0 Å². The minimum atomic E-state index is 0.439. The number of carbonyl (C=O) groups excluding carboxylic acids is 1. The average Bonchev–Trinajstić information content (AvgIpc) is 2.11. The molecule has 13 heavy (non-hydrogen) atoms. The van der Waals surface area contributed by atoms with Gasteiger partial charge in [-0.15, -0.1) is 0 Å². The predicted octanol–water partition coefficient (Wildman–Crippen LogP) is 2.76. The highest BCUT2D eigenvalue weighted by Gasteiger charge is 2.01. The SMILES string of the molecule is O=C1CCCC=NCCCCCC1. The second-order valence-electron chi connectivity index (χ2n) is 3.68. The molecule has 0 bridgehead atoms. The van der Waals surface area contributed by atoms with Crippen molar-refractivity contribution in [1.82, 2.24) is 0 Å². The molecule has 0 amide bonds. The van der Waals surface area contributed by atoms with Crippen LogP contribution < -0.4 is 0 Å². The van der Waals surface area contributed by atoms with Gasteiger partial charge in [0.25, 0.3) is 0 Å². The molecule has 0 fully saturated rings. The van der Waals surface area contributed by atoms with E-state index < -0.39 is 0 Å². The lowest BCUT2D eigenvalue weighted by Crippen LogP contribution is -1.98. The smallest absolute Gasteiger partial charge is 0.132 e. The first-order chi connectivity index (χ1) is 6.39. The Morgan fingerprint density at radius 1 is 1.00 bits per heavy atom. The van der Waals surface area contributed by atoms with Gasteiger partial charge >= 0.3 is 0 Å². The third-order valence-electron chi connectivity index (χ3n) is 2.41. The summed E-state index contributed by atoms with van der Waals surface area (Å²) in [4.78, 5) is 15.5. The second kappa shape index (κ2) is 6.81. The maximum Gasteiger partial charge on any atom is 0.132 e. The maximum absolute atomic E-state index is 11.3. The number of carbonyl (C=O) groups is 1. The molecule has 74 valence electrons. The summed E-state index contributed by atoms with van der Waals surface area (Å²) in [6.07, 6.45) is 10.2. The summed E-state index contributed by atoms with van der Waals surface area (Å²) >= 11 is 0. The summed E-state index contributed by atoms with van der Waals surface area (Å²) in [6, 6.07) is 0. The molecule has 2 heteroatoms. The van der Waals surface area contributed by atoms with Gasteiger partial charge in [-0.05, 0) is 31.9 Å². The Hall–Kier alpha value is -0.660. The predicted molar refractivity (Wildman–Crippen MR) is 55.3 cm³/mol. The Labute approximate surface area is 80.4 Å². The van der Waals surface area contributed by atoms with Gasteiger partial charge in [0.1, 0.15) is 5.78 Å². The number of nitrogens with zero attached hydrogens (tertiary/aromatic N) is 1. The quantitative estimate of drug-likeness (QED) is 0.565. The van der Waals surface area contributed by atoms with Gasteiger partial charge in [0.05, 0.1) is 0 Å². The van der Waals surface area contributed by atoms with E-state index >= 15 is 0 Å². The lowest BCUT2D eigenvalue weighted by Gasteiger charge is -2.02. The highest BCUT2D eigenvalue weighted by molar-refractivity contribution is 5.78. The Morgan fingerprint density at radius 2 is 1.77 bits per heavy atom. The Morgan fingerprint density at radius 3 is 2.69 bits per heavy atom. The van der Waals surface area contributed by atoms with Crippen LogP contribution in [0.3, 0.4) is 0 Å². The van der Waals surface area contributed by atoms with Crippen molar-refractivity contribution < 1.29 is 4.79 Å². The van der Waals surface area contributed by atoms with E-state index in [9.17, 15) is 4.79 Å². The minimum absolute atomic E-state index is 0.439. The molecule has 1 heterocycles. The minimum Gasteiger partial charge on any atom is -0.300 e. The van der Waals surface area contributed by atoms with Gasteiger partial charge in [0.15, 0.2) is 0 Å². The van der Waals surface area contributed by atoms with Gasteiger partial charge in [0, 0.05) is 19.4 Å². The average molecular weight is 181 g/mol. The lowest BCUT2D eigenvalue weighted by atomic mass is 10.1. The van der Waals surface area contributed by atoms with E-state index in [1.54, 1.807) is 0 Å². The van der Waals surface area contributed by atoms with Crippen molar-refractivity contribution in [3.8, 4) is 0 Å². The second-order valence-corrected chi connectivity index (χ2v) is 3.68. The first-order valence-electron chi connectivity index (χ1n) is 5.39. The third kappa shape index (κ3) is 5.56. The molecule has 0 saturated carbocycles. The van der Waals surface area contributed by atoms with Crippen LogP contribution in [0, 0.1) is 0 Å². The Bertz CT molecular complexity index is 175. The molecule has 0 radical (unpaired) electrons. The van der Waals surface area contributed by atoms with Crippen molar-refractivity contribution >= 4 is 12.0 Å². The van der Waals surface area contributed by atoms with Crippen molar-refractivity contribution in [3.63, 3.8) is 0 Å². The van der Waals surface area contributed by atoms with Crippen molar-refractivity contribution in [1.29, 1.82) is 0 Å². The zero-order chi connectivity index (χ0) is 9.36. The molecule has 1 aliphatic heterocycles. The van der Waals surface area contributed by atoms with E-state index in [4.69, 9.17) is 0 Å². The topological polar surface area (TPSA) is 29.4 Å². The first-order valence-corrected chi connectivity index (χ1v) is 5.39. The molecular formula is C11H19NO. The first kappa shape index (κ1) is 10.4. The number of hydrogen-bond donors (Lipinski definition) is 0. The van der Waals surface area contributed by atoms with E-state index in [1.807, 2.05) is 6.21 Å². The van der Waals surface area contributed by atoms with Crippen LogP contribution in [0.2, 0.25) is 0 Å². The Kier molecular flexibility index (Phi) is 5.46. The van der Waals surface area contributed by atoms with Gasteiger partial charge in [-0.25, -0.2) is 0 Å². The zero-order valence-corrected chi connectivity index (χ0v) is 8.30. The molecular weight excluding hydrogens is 162 g/mol.